The molecule has 0 aromatic heterocycles. The third-order valence-electron chi connectivity index (χ3n) is 5.00. The fourth-order valence-corrected chi connectivity index (χ4v) is 4.40. The lowest BCUT2D eigenvalue weighted by atomic mass is 9.86. The summed E-state index contributed by atoms with van der Waals surface area (Å²) >= 11 is 0. The fraction of sp³-hybridized carbons (Fsp3) is 0.933. The standard InChI is InChI=1S/C15H28N2O3S/c1-15(2,16-8-4-5-9-16)14(18)11-13-7-6-10-17(12-13)21(3,19)20/h13H,4-12H2,1-3H3. The molecule has 0 bridgehead atoms. The van der Waals surface area contributed by atoms with Crippen molar-refractivity contribution < 1.29 is 13.2 Å². The summed E-state index contributed by atoms with van der Waals surface area (Å²) in [5.74, 6) is 0.424. The molecule has 0 aromatic rings. The van der Waals surface area contributed by atoms with Crippen LogP contribution < -0.4 is 0 Å². The van der Waals surface area contributed by atoms with Crippen LogP contribution in [0, 0.1) is 5.92 Å². The second-order valence-corrected chi connectivity index (χ2v) is 8.99. The van der Waals surface area contributed by atoms with Gasteiger partial charge in [-0.2, -0.15) is 0 Å². The lowest BCUT2D eigenvalue weighted by Crippen LogP contribution is -2.50. The van der Waals surface area contributed by atoms with Crippen molar-refractivity contribution in [2.24, 2.45) is 5.92 Å². The SMILES string of the molecule is CC(C)(C(=O)CC1CCCN(S(C)(=O)=O)C1)N1CCCC1. The first-order valence-corrected chi connectivity index (χ1v) is 9.79. The van der Waals surface area contributed by atoms with Gasteiger partial charge in [0.25, 0.3) is 0 Å². The van der Waals surface area contributed by atoms with Crippen LogP contribution in [0.1, 0.15) is 46.0 Å². The maximum Gasteiger partial charge on any atom is 0.211 e. The highest BCUT2D eigenvalue weighted by Gasteiger charge is 2.37. The molecule has 1 unspecified atom stereocenters. The van der Waals surface area contributed by atoms with Gasteiger partial charge in [-0.1, -0.05) is 0 Å². The minimum Gasteiger partial charge on any atom is -0.298 e. The van der Waals surface area contributed by atoms with Crippen LogP contribution in [0.25, 0.3) is 0 Å². The van der Waals surface area contributed by atoms with Gasteiger partial charge in [0.1, 0.15) is 0 Å². The Bertz CT molecular complexity index is 481. The number of hydrogen-bond acceptors (Lipinski definition) is 4. The van der Waals surface area contributed by atoms with Crippen molar-refractivity contribution in [2.75, 3.05) is 32.4 Å². The highest BCUT2D eigenvalue weighted by molar-refractivity contribution is 7.88. The Morgan fingerprint density at radius 2 is 1.76 bits per heavy atom. The maximum absolute atomic E-state index is 12.7. The predicted octanol–water partition coefficient (Wildman–Crippen LogP) is 1.49. The zero-order valence-corrected chi connectivity index (χ0v) is 14.3. The maximum atomic E-state index is 12.7. The van der Waals surface area contributed by atoms with E-state index >= 15 is 0 Å². The summed E-state index contributed by atoms with van der Waals surface area (Å²) in [7, 11) is -3.13. The summed E-state index contributed by atoms with van der Waals surface area (Å²) < 4.78 is 24.8. The molecule has 0 radical (unpaired) electrons. The van der Waals surface area contributed by atoms with Crippen LogP contribution >= 0.6 is 0 Å². The first-order chi connectivity index (χ1) is 9.71. The van der Waals surface area contributed by atoms with Crippen molar-refractivity contribution in [2.45, 2.75) is 51.5 Å². The third kappa shape index (κ3) is 4.05. The molecular formula is C15H28N2O3S. The number of ketones is 1. The molecule has 2 rings (SSSR count). The molecule has 0 spiro atoms. The number of carbonyl (C=O) groups is 1. The van der Waals surface area contributed by atoms with E-state index in [4.69, 9.17) is 0 Å². The van der Waals surface area contributed by atoms with Gasteiger partial charge in [0.2, 0.25) is 10.0 Å². The Morgan fingerprint density at radius 1 is 1.14 bits per heavy atom. The molecule has 6 heteroatoms. The van der Waals surface area contributed by atoms with Gasteiger partial charge in [0.05, 0.1) is 11.8 Å². The van der Waals surface area contributed by atoms with Crippen molar-refractivity contribution in [1.82, 2.24) is 9.21 Å². The zero-order valence-electron chi connectivity index (χ0n) is 13.5. The molecule has 2 saturated heterocycles. The van der Waals surface area contributed by atoms with Crippen molar-refractivity contribution >= 4 is 15.8 Å². The van der Waals surface area contributed by atoms with E-state index < -0.39 is 15.6 Å². The monoisotopic (exact) mass is 316 g/mol. The topological polar surface area (TPSA) is 57.7 Å². The second-order valence-electron chi connectivity index (χ2n) is 7.01. The molecule has 2 heterocycles. The van der Waals surface area contributed by atoms with Crippen molar-refractivity contribution in [3.8, 4) is 0 Å². The van der Waals surface area contributed by atoms with Crippen LogP contribution in [0.4, 0.5) is 0 Å². The highest BCUT2D eigenvalue weighted by Crippen LogP contribution is 2.28. The Balaban J connectivity index is 1.95. The van der Waals surface area contributed by atoms with E-state index in [9.17, 15) is 13.2 Å². The molecule has 2 aliphatic rings. The summed E-state index contributed by atoms with van der Waals surface area (Å²) in [5, 5.41) is 0. The van der Waals surface area contributed by atoms with E-state index in [-0.39, 0.29) is 11.7 Å². The summed E-state index contributed by atoms with van der Waals surface area (Å²) in [4.78, 5) is 14.9. The van der Waals surface area contributed by atoms with E-state index in [0.29, 0.717) is 19.5 Å². The number of hydrogen-bond donors (Lipinski definition) is 0. The van der Waals surface area contributed by atoms with Crippen LogP contribution in [0.5, 0.6) is 0 Å². The van der Waals surface area contributed by atoms with E-state index in [2.05, 4.69) is 4.90 Å². The third-order valence-corrected chi connectivity index (χ3v) is 6.27. The van der Waals surface area contributed by atoms with Crippen LogP contribution in [-0.2, 0) is 14.8 Å². The number of sulfonamides is 1. The molecule has 0 amide bonds. The molecule has 0 aromatic carbocycles. The molecule has 122 valence electrons. The largest absolute Gasteiger partial charge is 0.298 e. The zero-order chi connectivity index (χ0) is 15.7. The fourth-order valence-electron chi connectivity index (χ4n) is 3.46. The molecular weight excluding hydrogens is 288 g/mol. The number of carbonyl (C=O) groups excluding carboxylic acids is 1. The minimum absolute atomic E-state index is 0.169. The normalized spacial score (nSPS) is 26.1. The Labute approximate surface area is 128 Å². The van der Waals surface area contributed by atoms with E-state index in [1.165, 1.54) is 23.4 Å². The van der Waals surface area contributed by atoms with E-state index in [0.717, 1.165) is 25.9 Å². The Kier molecular flexibility index (Phi) is 5.11. The number of rotatable bonds is 5. The van der Waals surface area contributed by atoms with E-state index in [1.807, 2.05) is 13.8 Å². The van der Waals surface area contributed by atoms with Crippen LogP contribution in [0.15, 0.2) is 0 Å². The number of piperidine rings is 1. The Morgan fingerprint density at radius 3 is 2.33 bits per heavy atom. The number of likely N-dealkylation sites (tertiary alicyclic amines) is 1. The molecule has 2 fully saturated rings. The number of nitrogens with zero attached hydrogens (tertiary/aromatic N) is 2. The smallest absolute Gasteiger partial charge is 0.211 e. The van der Waals surface area contributed by atoms with Gasteiger partial charge in [0, 0.05) is 19.5 Å². The number of Topliss-reactive ketones (excluding diaryl/α,β-unsaturated/α-hetero) is 1. The van der Waals surface area contributed by atoms with Crippen LogP contribution in [0.2, 0.25) is 0 Å². The first kappa shape index (κ1) is 16.9. The molecule has 0 aliphatic carbocycles. The highest BCUT2D eigenvalue weighted by atomic mass is 32.2. The summed E-state index contributed by atoms with van der Waals surface area (Å²) in [6.07, 6.45) is 5.90. The molecule has 1 atom stereocenters. The second kappa shape index (κ2) is 6.34. The lowest BCUT2D eigenvalue weighted by molar-refractivity contribution is -0.130. The first-order valence-electron chi connectivity index (χ1n) is 7.95. The molecule has 0 N–H and O–H groups in total. The molecule has 2 aliphatic heterocycles. The van der Waals surface area contributed by atoms with Crippen LogP contribution in [-0.4, -0.2) is 61.4 Å². The van der Waals surface area contributed by atoms with Gasteiger partial charge in [-0.3, -0.25) is 9.69 Å². The predicted molar refractivity (Wildman–Crippen MR) is 83.7 cm³/mol. The van der Waals surface area contributed by atoms with Crippen molar-refractivity contribution in [3.63, 3.8) is 0 Å². The summed E-state index contributed by atoms with van der Waals surface area (Å²) in [5.41, 5.74) is -0.413. The van der Waals surface area contributed by atoms with Gasteiger partial charge < -0.3 is 0 Å². The average Bonchev–Trinajstić information content (AvgIpc) is 2.92. The molecule has 5 nitrogen and oxygen atoms in total. The van der Waals surface area contributed by atoms with Gasteiger partial charge in [0.15, 0.2) is 5.78 Å². The van der Waals surface area contributed by atoms with Gasteiger partial charge in [-0.15, -0.1) is 0 Å². The lowest BCUT2D eigenvalue weighted by Gasteiger charge is -2.36. The van der Waals surface area contributed by atoms with Gasteiger partial charge in [-0.25, -0.2) is 12.7 Å². The quantitative estimate of drug-likeness (QED) is 0.771. The van der Waals surface area contributed by atoms with Crippen molar-refractivity contribution in [1.29, 1.82) is 0 Å². The molecule has 21 heavy (non-hydrogen) atoms. The van der Waals surface area contributed by atoms with Gasteiger partial charge >= 0.3 is 0 Å². The Hall–Kier alpha value is -0.460. The minimum atomic E-state index is -3.13. The average molecular weight is 316 g/mol. The van der Waals surface area contributed by atoms with Crippen molar-refractivity contribution in [3.05, 3.63) is 0 Å². The summed E-state index contributed by atoms with van der Waals surface area (Å²) in [6, 6.07) is 0. The summed E-state index contributed by atoms with van der Waals surface area (Å²) in [6.45, 7) is 7.12. The van der Waals surface area contributed by atoms with E-state index in [1.54, 1.807) is 0 Å². The molecule has 0 saturated carbocycles. The van der Waals surface area contributed by atoms with Crippen LogP contribution in [0.3, 0.4) is 0 Å². The van der Waals surface area contributed by atoms with Gasteiger partial charge in [-0.05, 0) is 58.5 Å².